The molecule has 0 spiro atoms. The van der Waals surface area contributed by atoms with E-state index >= 15 is 0 Å². The van der Waals surface area contributed by atoms with Crippen molar-refractivity contribution in [2.24, 2.45) is 0 Å². The van der Waals surface area contributed by atoms with Crippen molar-refractivity contribution in [3.8, 4) is 11.8 Å². The van der Waals surface area contributed by atoms with Crippen LogP contribution in [0.4, 0.5) is 18.9 Å². The molecular weight excluding hydrogens is 321 g/mol. The van der Waals surface area contributed by atoms with Crippen LogP contribution < -0.4 is 5.32 Å². The van der Waals surface area contributed by atoms with E-state index in [9.17, 15) is 23.1 Å². The molecule has 0 aliphatic carbocycles. The Balaban J connectivity index is 2.23. The maximum Gasteiger partial charge on any atom is 0.416 e. The molecule has 1 amide bonds. The van der Waals surface area contributed by atoms with E-state index in [0.29, 0.717) is 5.56 Å². The normalized spacial score (nSPS) is 11.7. The summed E-state index contributed by atoms with van der Waals surface area (Å²) in [6.07, 6.45) is -3.31. The Bertz CT molecular complexity index is 836. The first kappa shape index (κ1) is 17.1. The Morgan fingerprint density at radius 3 is 2.50 bits per heavy atom. The molecule has 0 aromatic heterocycles. The van der Waals surface area contributed by atoms with Gasteiger partial charge in [0.25, 0.3) is 5.91 Å². The lowest BCUT2D eigenvalue weighted by molar-refractivity contribution is -0.137. The van der Waals surface area contributed by atoms with Gasteiger partial charge in [0.1, 0.15) is 17.4 Å². The number of nitriles is 1. The molecule has 2 rings (SSSR count). The number of amides is 1. The number of hydrogen-bond donors (Lipinski definition) is 2. The molecule has 0 atom stereocenters. The molecule has 2 aromatic rings. The van der Waals surface area contributed by atoms with E-state index in [1.807, 2.05) is 0 Å². The Hall–Kier alpha value is -3.27. The zero-order valence-electron chi connectivity index (χ0n) is 12.1. The summed E-state index contributed by atoms with van der Waals surface area (Å²) >= 11 is 0. The van der Waals surface area contributed by atoms with Crippen molar-refractivity contribution < 1.29 is 23.1 Å². The van der Waals surface area contributed by atoms with Gasteiger partial charge in [-0.05, 0) is 42.0 Å². The summed E-state index contributed by atoms with van der Waals surface area (Å²) in [7, 11) is 0. The predicted molar refractivity (Wildman–Crippen MR) is 81.8 cm³/mol. The van der Waals surface area contributed by atoms with Crippen LogP contribution in [-0.2, 0) is 11.0 Å². The van der Waals surface area contributed by atoms with Gasteiger partial charge in [-0.25, -0.2) is 0 Å². The quantitative estimate of drug-likeness (QED) is 0.660. The molecule has 7 heteroatoms. The molecule has 0 unspecified atom stereocenters. The molecule has 0 fully saturated rings. The van der Waals surface area contributed by atoms with Gasteiger partial charge in [-0.2, -0.15) is 18.4 Å². The van der Waals surface area contributed by atoms with Crippen LogP contribution in [0.25, 0.3) is 6.08 Å². The van der Waals surface area contributed by atoms with Crippen LogP contribution in [0.5, 0.6) is 5.75 Å². The van der Waals surface area contributed by atoms with Gasteiger partial charge >= 0.3 is 6.18 Å². The summed E-state index contributed by atoms with van der Waals surface area (Å²) in [4.78, 5) is 12.0. The number of anilines is 1. The molecule has 122 valence electrons. The van der Waals surface area contributed by atoms with Crippen LogP contribution in [0.3, 0.4) is 0 Å². The number of carbonyl (C=O) groups excluding carboxylic acids is 1. The predicted octanol–water partition coefficient (Wildman–Crippen LogP) is 3.96. The maximum atomic E-state index is 12.7. The van der Waals surface area contributed by atoms with Crippen LogP contribution in [0.1, 0.15) is 11.1 Å². The maximum absolute atomic E-state index is 12.7. The van der Waals surface area contributed by atoms with Gasteiger partial charge in [-0.3, -0.25) is 4.79 Å². The number of rotatable bonds is 3. The molecule has 2 aromatic carbocycles. The second-order valence-corrected chi connectivity index (χ2v) is 4.80. The van der Waals surface area contributed by atoms with Gasteiger partial charge in [-0.15, -0.1) is 0 Å². The topological polar surface area (TPSA) is 73.1 Å². The van der Waals surface area contributed by atoms with Crippen molar-refractivity contribution in [3.05, 3.63) is 65.2 Å². The Kier molecular flexibility index (Phi) is 4.90. The summed E-state index contributed by atoms with van der Waals surface area (Å²) in [5, 5.41) is 20.7. The largest absolute Gasteiger partial charge is 0.508 e. The minimum absolute atomic E-state index is 0.0423. The number of aromatic hydroxyl groups is 1. The molecule has 0 aliphatic heterocycles. The number of nitrogens with zero attached hydrogens (tertiary/aromatic N) is 1. The highest BCUT2D eigenvalue weighted by atomic mass is 19.4. The number of nitrogens with one attached hydrogen (secondary N) is 1. The molecule has 24 heavy (non-hydrogen) atoms. The number of phenolic OH excluding ortho intramolecular Hbond substituents is 1. The highest BCUT2D eigenvalue weighted by Gasteiger charge is 2.30. The molecule has 0 heterocycles. The lowest BCUT2D eigenvalue weighted by atomic mass is 10.1. The number of carbonyl (C=O) groups is 1. The summed E-state index contributed by atoms with van der Waals surface area (Å²) in [6.45, 7) is 0. The summed E-state index contributed by atoms with van der Waals surface area (Å²) in [5.74, 6) is -0.889. The second-order valence-electron chi connectivity index (χ2n) is 4.80. The van der Waals surface area contributed by atoms with Crippen LogP contribution in [0.15, 0.2) is 54.1 Å². The Morgan fingerprint density at radius 2 is 1.88 bits per heavy atom. The third-order valence-corrected chi connectivity index (χ3v) is 2.99. The summed E-state index contributed by atoms with van der Waals surface area (Å²) < 4.78 is 38.0. The first-order chi connectivity index (χ1) is 11.3. The van der Waals surface area contributed by atoms with E-state index in [-0.39, 0.29) is 17.0 Å². The van der Waals surface area contributed by atoms with E-state index in [4.69, 9.17) is 5.26 Å². The van der Waals surface area contributed by atoms with Gasteiger partial charge in [0.05, 0.1) is 5.56 Å². The fourth-order valence-electron chi connectivity index (χ4n) is 1.90. The molecule has 4 nitrogen and oxygen atoms in total. The average Bonchev–Trinajstić information content (AvgIpc) is 2.52. The smallest absolute Gasteiger partial charge is 0.416 e. The molecular formula is C17H11F3N2O2. The number of benzene rings is 2. The van der Waals surface area contributed by atoms with Crippen molar-refractivity contribution in [3.63, 3.8) is 0 Å². The summed E-state index contributed by atoms with van der Waals surface area (Å²) in [5.41, 5.74) is -0.883. The van der Waals surface area contributed by atoms with E-state index < -0.39 is 17.6 Å². The molecule has 2 N–H and O–H groups in total. The van der Waals surface area contributed by atoms with Crippen LogP contribution in [0.2, 0.25) is 0 Å². The van der Waals surface area contributed by atoms with Crippen LogP contribution >= 0.6 is 0 Å². The number of hydrogen-bond acceptors (Lipinski definition) is 3. The van der Waals surface area contributed by atoms with E-state index in [2.05, 4.69) is 5.32 Å². The van der Waals surface area contributed by atoms with Gasteiger partial charge in [-0.1, -0.05) is 18.2 Å². The first-order valence-electron chi connectivity index (χ1n) is 6.69. The minimum atomic E-state index is -4.53. The zero-order chi connectivity index (χ0) is 17.7. The van der Waals surface area contributed by atoms with Crippen LogP contribution in [0, 0.1) is 11.3 Å². The number of halogens is 3. The van der Waals surface area contributed by atoms with E-state index in [1.165, 1.54) is 30.3 Å². The van der Waals surface area contributed by atoms with Crippen molar-refractivity contribution >= 4 is 17.7 Å². The lowest BCUT2D eigenvalue weighted by Crippen LogP contribution is -2.14. The summed E-state index contributed by atoms with van der Waals surface area (Å²) in [6, 6.07) is 11.6. The molecule has 0 aliphatic rings. The van der Waals surface area contributed by atoms with Gasteiger partial charge in [0, 0.05) is 5.69 Å². The Morgan fingerprint density at radius 1 is 1.17 bits per heavy atom. The minimum Gasteiger partial charge on any atom is -0.508 e. The number of phenols is 1. The highest BCUT2D eigenvalue weighted by molar-refractivity contribution is 6.09. The van der Waals surface area contributed by atoms with Crippen molar-refractivity contribution in [1.82, 2.24) is 0 Å². The Labute approximate surface area is 135 Å². The van der Waals surface area contributed by atoms with Gasteiger partial charge < -0.3 is 10.4 Å². The lowest BCUT2D eigenvalue weighted by Gasteiger charge is -2.09. The SMILES string of the molecule is N#C/C(=C\c1cccc(O)c1)C(=O)Nc1cccc(C(F)(F)F)c1. The highest BCUT2D eigenvalue weighted by Crippen LogP contribution is 2.30. The van der Waals surface area contributed by atoms with E-state index in [1.54, 1.807) is 12.1 Å². The average molecular weight is 332 g/mol. The fraction of sp³-hybridized carbons (Fsp3) is 0.0588. The van der Waals surface area contributed by atoms with Gasteiger partial charge in [0.15, 0.2) is 0 Å². The second kappa shape index (κ2) is 6.87. The van der Waals surface area contributed by atoms with Crippen molar-refractivity contribution in [2.75, 3.05) is 5.32 Å². The third kappa shape index (κ3) is 4.36. The standard InChI is InChI=1S/C17H11F3N2O2/c18-17(19,20)13-4-2-5-14(9-13)22-16(24)12(10-21)7-11-3-1-6-15(23)8-11/h1-9,23H,(H,22,24)/b12-7+. The zero-order valence-corrected chi connectivity index (χ0v) is 12.1. The number of alkyl halides is 3. The molecule has 0 saturated heterocycles. The van der Waals surface area contributed by atoms with Crippen LogP contribution in [-0.4, -0.2) is 11.0 Å². The molecule has 0 bridgehead atoms. The molecule has 0 radical (unpaired) electrons. The van der Waals surface area contributed by atoms with Crippen molar-refractivity contribution in [1.29, 1.82) is 5.26 Å². The van der Waals surface area contributed by atoms with Crippen molar-refractivity contribution in [2.45, 2.75) is 6.18 Å². The van der Waals surface area contributed by atoms with Gasteiger partial charge in [0.2, 0.25) is 0 Å². The molecule has 0 saturated carbocycles. The third-order valence-electron chi connectivity index (χ3n) is 2.99. The van der Waals surface area contributed by atoms with E-state index in [0.717, 1.165) is 18.2 Å². The first-order valence-corrected chi connectivity index (χ1v) is 6.69. The fourth-order valence-corrected chi connectivity index (χ4v) is 1.90. The monoisotopic (exact) mass is 332 g/mol.